The highest BCUT2D eigenvalue weighted by atomic mass is 16.5. The Kier molecular flexibility index (Phi) is 7.92. The van der Waals surface area contributed by atoms with Crippen LogP contribution in [0.2, 0.25) is 0 Å². The van der Waals surface area contributed by atoms with Crippen molar-refractivity contribution in [3.05, 3.63) is 293 Å². The molecule has 0 fully saturated rings. The molecule has 2 spiro atoms. The van der Waals surface area contributed by atoms with Crippen molar-refractivity contribution in [2.24, 2.45) is 0 Å². The maximum absolute atomic E-state index is 6.75. The van der Waals surface area contributed by atoms with Gasteiger partial charge in [-0.3, -0.25) is 0 Å². The van der Waals surface area contributed by atoms with Crippen LogP contribution in [0.4, 0.5) is 17.1 Å². The molecule has 11 aromatic rings. The molecule has 15 rings (SSSR count). The molecule has 2 heterocycles. The Balaban J connectivity index is 1.03. The number of anilines is 3. The summed E-state index contributed by atoms with van der Waals surface area (Å²) in [6.07, 6.45) is 0. The summed E-state index contributed by atoms with van der Waals surface area (Å²) in [7, 11) is 0. The number of fused-ring (bicyclic) bond motifs is 19. The lowest BCUT2D eigenvalue weighted by Gasteiger charge is -2.40. The standard InChI is InChI=1S/C66H41NO2/c1-2-19-42(20-3-1)45-22-6-13-31-59(45)67(44-37-38-48-46-23-4-7-25-51(46)66(58(48)40-44)55-29-11-16-35-63(55)69-64-36-17-12-30-56(64)66)60-32-18-21-43-39-57-50(41-49(43)60)47-24-5-8-26-52(47)65(57)53-27-9-14-33-61(53)68-62-34-15-10-28-54(62)65/h1-41H. The second kappa shape index (κ2) is 14.3. The maximum atomic E-state index is 6.75. The Hall–Kier alpha value is -8.92. The minimum Gasteiger partial charge on any atom is -0.457 e. The van der Waals surface area contributed by atoms with Crippen LogP contribution in [-0.4, -0.2) is 0 Å². The van der Waals surface area contributed by atoms with E-state index < -0.39 is 10.8 Å². The highest BCUT2D eigenvalue weighted by Gasteiger charge is 2.53. The van der Waals surface area contributed by atoms with Gasteiger partial charge in [-0.25, -0.2) is 0 Å². The monoisotopic (exact) mass is 879 g/mol. The van der Waals surface area contributed by atoms with Gasteiger partial charge >= 0.3 is 0 Å². The van der Waals surface area contributed by atoms with E-state index in [1.807, 2.05) is 0 Å². The Morgan fingerprint density at radius 1 is 0.275 bits per heavy atom. The Morgan fingerprint density at radius 2 is 0.710 bits per heavy atom. The minimum absolute atomic E-state index is 0.569. The van der Waals surface area contributed by atoms with Crippen molar-refractivity contribution in [1.82, 2.24) is 0 Å². The summed E-state index contributed by atoms with van der Waals surface area (Å²) in [6.45, 7) is 0. The molecule has 0 atom stereocenters. The smallest absolute Gasteiger partial charge is 0.132 e. The molecule has 2 aliphatic heterocycles. The van der Waals surface area contributed by atoms with E-state index in [0.29, 0.717) is 0 Å². The van der Waals surface area contributed by atoms with Crippen LogP contribution in [0.3, 0.4) is 0 Å². The first kappa shape index (κ1) is 38.2. The highest BCUT2D eigenvalue weighted by Crippen LogP contribution is 2.65. The first-order valence-electron chi connectivity index (χ1n) is 23.8. The fraction of sp³-hybridized carbons (Fsp3) is 0.0303. The van der Waals surface area contributed by atoms with E-state index in [9.17, 15) is 0 Å². The predicted octanol–water partition coefficient (Wildman–Crippen LogP) is 16.9. The second-order valence-electron chi connectivity index (χ2n) is 18.6. The molecule has 11 aromatic carbocycles. The highest BCUT2D eigenvalue weighted by molar-refractivity contribution is 6.06. The lowest BCUT2D eigenvalue weighted by molar-refractivity contribution is 0.436. The fourth-order valence-corrected chi connectivity index (χ4v) is 12.7. The number of hydrogen-bond donors (Lipinski definition) is 0. The average molecular weight is 880 g/mol. The van der Waals surface area contributed by atoms with Gasteiger partial charge in [-0.2, -0.15) is 0 Å². The van der Waals surface area contributed by atoms with Crippen molar-refractivity contribution in [1.29, 1.82) is 0 Å². The van der Waals surface area contributed by atoms with Gasteiger partial charge in [-0.15, -0.1) is 0 Å². The van der Waals surface area contributed by atoms with Crippen LogP contribution >= 0.6 is 0 Å². The van der Waals surface area contributed by atoms with Gasteiger partial charge in [-0.05, 0) is 116 Å². The van der Waals surface area contributed by atoms with Crippen LogP contribution in [0.5, 0.6) is 23.0 Å². The Labute approximate surface area is 400 Å². The van der Waals surface area contributed by atoms with Gasteiger partial charge in [0.15, 0.2) is 0 Å². The number of para-hydroxylation sites is 5. The quantitative estimate of drug-likeness (QED) is 0.176. The van der Waals surface area contributed by atoms with Crippen LogP contribution in [0.25, 0.3) is 44.2 Å². The van der Waals surface area contributed by atoms with Gasteiger partial charge in [0.2, 0.25) is 0 Å². The van der Waals surface area contributed by atoms with E-state index in [4.69, 9.17) is 9.47 Å². The third kappa shape index (κ3) is 5.06. The average Bonchev–Trinajstić information content (AvgIpc) is 3.86. The third-order valence-corrected chi connectivity index (χ3v) is 15.4. The SMILES string of the molecule is c1ccc(-c2ccccc2N(c2ccc3c(c2)C2(c4ccccc4Oc4ccccc42)c2ccccc2-3)c2cccc3cc4c(cc23)-c2ccccc2C42c3ccccc3Oc3ccccc32)cc1. The predicted molar refractivity (Wildman–Crippen MR) is 279 cm³/mol. The summed E-state index contributed by atoms with van der Waals surface area (Å²) in [5.41, 5.74) is 19.0. The van der Waals surface area contributed by atoms with Crippen LogP contribution in [0, 0.1) is 0 Å². The maximum Gasteiger partial charge on any atom is 0.132 e. The molecule has 0 unspecified atom stereocenters. The van der Waals surface area contributed by atoms with E-state index in [-0.39, 0.29) is 0 Å². The van der Waals surface area contributed by atoms with Crippen molar-refractivity contribution in [3.63, 3.8) is 0 Å². The number of benzene rings is 11. The first-order chi connectivity index (χ1) is 34.2. The molecule has 3 nitrogen and oxygen atoms in total. The van der Waals surface area contributed by atoms with Gasteiger partial charge in [0.05, 0.1) is 22.2 Å². The van der Waals surface area contributed by atoms with Gasteiger partial charge < -0.3 is 14.4 Å². The summed E-state index contributed by atoms with van der Waals surface area (Å²) in [6, 6.07) is 91.0. The lowest BCUT2D eigenvalue weighted by Crippen LogP contribution is -2.32. The van der Waals surface area contributed by atoms with Crippen LogP contribution in [0.1, 0.15) is 44.5 Å². The molecule has 0 saturated carbocycles. The van der Waals surface area contributed by atoms with E-state index in [1.165, 1.54) is 55.3 Å². The van der Waals surface area contributed by atoms with Gasteiger partial charge in [0, 0.05) is 38.9 Å². The van der Waals surface area contributed by atoms with Gasteiger partial charge in [-0.1, -0.05) is 188 Å². The summed E-state index contributed by atoms with van der Waals surface area (Å²) in [5, 5.41) is 2.33. The molecule has 0 bridgehead atoms. The molecule has 3 heteroatoms. The van der Waals surface area contributed by atoms with Crippen molar-refractivity contribution in [2.75, 3.05) is 4.90 Å². The van der Waals surface area contributed by atoms with E-state index >= 15 is 0 Å². The van der Waals surface area contributed by atoms with E-state index in [2.05, 4.69) is 254 Å². The van der Waals surface area contributed by atoms with Crippen molar-refractivity contribution in [2.45, 2.75) is 10.8 Å². The molecule has 4 aliphatic rings. The molecular formula is C66H41NO2. The molecule has 0 saturated heterocycles. The van der Waals surface area contributed by atoms with Crippen LogP contribution in [-0.2, 0) is 10.8 Å². The number of ether oxygens (including phenoxy) is 2. The normalized spacial score (nSPS) is 14.3. The van der Waals surface area contributed by atoms with Crippen molar-refractivity contribution < 1.29 is 9.47 Å². The lowest BCUT2D eigenvalue weighted by atomic mass is 9.66. The summed E-state index contributed by atoms with van der Waals surface area (Å²) >= 11 is 0. The number of rotatable bonds is 4. The molecule has 2 aliphatic carbocycles. The molecule has 0 N–H and O–H groups in total. The van der Waals surface area contributed by atoms with Crippen molar-refractivity contribution >= 4 is 27.8 Å². The summed E-state index contributed by atoms with van der Waals surface area (Å²) < 4.78 is 13.4. The molecule has 0 radical (unpaired) electrons. The zero-order chi connectivity index (χ0) is 45.3. The van der Waals surface area contributed by atoms with Gasteiger partial charge in [0.1, 0.15) is 23.0 Å². The zero-order valence-corrected chi connectivity index (χ0v) is 37.4. The molecule has 69 heavy (non-hydrogen) atoms. The second-order valence-corrected chi connectivity index (χ2v) is 18.6. The molecule has 322 valence electrons. The minimum atomic E-state index is -0.619. The largest absolute Gasteiger partial charge is 0.457 e. The van der Waals surface area contributed by atoms with E-state index in [1.54, 1.807) is 0 Å². The van der Waals surface area contributed by atoms with Gasteiger partial charge in [0.25, 0.3) is 0 Å². The Bertz CT molecular complexity index is 3850. The number of nitrogens with zero attached hydrogens (tertiary/aromatic N) is 1. The fourth-order valence-electron chi connectivity index (χ4n) is 12.7. The van der Waals surface area contributed by atoms with E-state index in [0.717, 1.165) is 73.4 Å². The first-order valence-corrected chi connectivity index (χ1v) is 23.8. The number of hydrogen-bond acceptors (Lipinski definition) is 3. The summed E-state index contributed by atoms with van der Waals surface area (Å²) in [4.78, 5) is 2.51. The van der Waals surface area contributed by atoms with Crippen LogP contribution in [0.15, 0.2) is 249 Å². The topological polar surface area (TPSA) is 21.7 Å². The zero-order valence-electron chi connectivity index (χ0n) is 37.4. The third-order valence-electron chi connectivity index (χ3n) is 15.4. The summed E-state index contributed by atoms with van der Waals surface area (Å²) in [5.74, 6) is 3.54. The molecular weight excluding hydrogens is 839 g/mol. The Morgan fingerprint density at radius 3 is 1.29 bits per heavy atom. The van der Waals surface area contributed by atoms with Crippen molar-refractivity contribution in [3.8, 4) is 56.4 Å². The molecule has 0 aromatic heterocycles. The van der Waals surface area contributed by atoms with Crippen LogP contribution < -0.4 is 14.4 Å². The molecule has 0 amide bonds.